The Labute approximate surface area is 137 Å². The molecule has 0 aliphatic carbocycles. The van der Waals surface area contributed by atoms with Gasteiger partial charge >= 0.3 is 0 Å². The third-order valence-corrected chi connectivity index (χ3v) is 4.44. The van der Waals surface area contributed by atoms with Crippen molar-refractivity contribution in [2.24, 2.45) is 0 Å². The van der Waals surface area contributed by atoms with Crippen LogP contribution in [0.2, 0.25) is 0 Å². The minimum absolute atomic E-state index is 0.000846. The van der Waals surface area contributed by atoms with Crippen LogP contribution in [0.5, 0.6) is 0 Å². The molecule has 0 fully saturated rings. The van der Waals surface area contributed by atoms with Gasteiger partial charge in [-0.3, -0.25) is 4.79 Å². The van der Waals surface area contributed by atoms with Crippen LogP contribution in [0.1, 0.15) is 49.5 Å². The maximum atomic E-state index is 12.3. The van der Waals surface area contributed by atoms with Gasteiger partial charge in [0.25, 0.3) is 5.91 Å². The normalized spacial score (nSPS) is 12.5. The maximum absolute atomic E-state index is 12.3. The Morgan fingerprint density at radius 1 is 1.33 bits per heavy atom. The lowest BCUT2D eigenvalue weighted by molar-refractivity contribution is 0.0936. The average Bonchev–Trinajstić information content (AvgIpc) is 2.46. The van der Waals surface area contributed by atoms with Crippen LogP contribution in [0.4, 0.5) is 0 Å². The van der Waals surface area contributed by atoms with E-state index >= 15 is 0 Å². The van der Waals surface area contributed by atoms with E-state index in [1.54, 1.807) is 0 Å². The van der Waals surface area contributed by atoms with Gasteiger partial charge in [0.15, 0.2) is 0 Å². The molecule has 0 aliphatic rings. The van der Waals surface area contributed by atoms with Crippen LogP contribution in [0.15, 0.2) is 22.7 Å². The number of halogens is 1. The fraction of sp³-hybridized carbons (Fsp3) is 0.588. The van der Waals surface area contributed by atoms with Crippen molar-refractivity contribution in [2.75, 3.05) is 19.6 Å². The summed E-state index contributed by atoms with van der Waals surface area (Å²) in [5.41, 5.74) is 1.81. The molecule has 21 heavy (non-hydrogen) atoms. The third kappa shape index (κ3) is 6.18. The predicted octanol–water partition coefficient (Wildman–Crippen LogP) is 4.00. The van der Waals surface area contributed by atoms with Gasteiger partial charge in [-0.2, -0.15) is 0 Å². The van der Waals surface area contributed by atoms with E-state index in [2.05, 4.69) is 46.9 Å². The van der Waals surface area contributed by atoms with Crippen LogP contribution in [0, 0.1) is 6.92 Å². The Morgan fingerprint density at radius 3 is 2.62 bits per heavy atom. The lowest BCUT2D eigenvalue weighted by atomic mass is 10.1. The number of rotatable bonds is 8. The highest BCUT2D eigenvalue weighted by atomic mass is 79.9. The molecule has 0 heterocycles. The van der Waals surface area contributed by atoms with Crippen molar-refractivity contribution in [1.29, 1.82) is 0 Å². The number of carbonyl (C=O) groups is 1. The van der Waals surface area contributed by atoms with E-state index in [1.165, 1.54) is 0 Å². The molecule has 1 rings (SSSR count). The van der Waals surface area contributed by atoms with Gasteiger partial charge < -0.3 is 10.2 Å². The lowest BCUT2D eigenvalue weighted by Gasteiger charge is -2.20. The van der Waals surface area contributed by atoms with Gasteiger partial charge in [-0.05, 0) is 74.4 Å². The molecule has 0 bridgehead atoms. The van der Waals surface area contributed by atoms with Crippen molar-refractivity contribution >= 4 is 21.8 Å². The van der Waals surface area contributed by atoms with E-state index in [1.807, 2.05) is 25.1 Å². The van der Waals surface area contributed by atoms with Gasteiger partial charge in [-0.1, -0.05) is 25.5 Å². The molecular weight excluding hydrogens is 328 g/mol. The maximum Gasteiger partial charge on any atom is 0.252 e. The fourth-order valence-electron chi connectivity index (χ4n) is 2.35. The molecule has 0 aromatic heterocycles. The summed E-state index contributed by atoms with van der Waals surface area (Å²) in [7, 11) is 0. The molecule has 0 aliphatic heterocycles. The summed E-state index contributed by atoms with van der Waals surface area (Å²) < 4.78 is 0.848. The van der Waals surface area contributed by atoms with Crippen LogP contribution in [0.3, 0.4) is 0 Å². The first-order chi connectivity index (χ1) is 9.97. The number of nitrogens with one attached hydrogen (secondary N) is 1. The van der Waals surface area contributed by atoms with Crippen LogP contribution in [-0.4, -0.2) is 36.5 Å². The minimum Gasteiger partial charge on any atom is -0.350 e. The Hall–Kier alpha value is -0.870. The minimum atomic E-state index is 0.000846. The van der Waals surface area contributed by atoms with E-state index in [0.717, 1.165) is 42.5 Å². The first-order valence-electron chi connectivity index (χ1n) is 7.77. The van der Waals surface area contributed by atoms with Gasteiger partial charge in [0.2, 0.25) is 0 Å². The second-order valence-electron chi connectivity index (χ2n) is 5.53. The highest BCUT2D eigenvalue weighted by molar-refractivity contribution is 9.10. The number of amides is 1. The molecule has 3 nitrogen and oxygen atoms in total. The number of benzene rings is 1. The van der Waals surface area contributed by atoms with Gasteiger partial charge in [-0.25, -0.2) is 0 Å². The van der Waals surface area contributed by atoms with E-state index in [4.69, 9.17) is 0 Å². The van der Waals surface area contributed by atoms with E-state index < -0.39 is 0 Å². The summed E-state index contributed by atoms with van der Waals surface area (Å²) >= 11 is 3.44. The zero-order valence-electron chi connectivity index (χ0n) is 13.6. The molecule has 0 radical (unpaired) electrons. The molecule has 1 amide bonds. The molecule has 4 heteroatoms. The van der Waals surface area contributed by atoms with Gasteiger partial charge in [0.1, 0.15) is 0 Å². The molecule has 1 aromatic carbocycles. The van der Waals surface area contributed by atoms with E-state index in [9.17, 15) is 4.79 Å². The average molecular weight is 355 g/mol. The Morgan fingerprint density at radius 2 is 2.00 bits per heavy atom. The molecule has 1 atom stereocenters. The zero-order valence-corrected chi connectivity index (χ0v) is 15.2. The van der Waals surface area contributed by atoms with Crippen LogP contribution < -0.4 is 5.32 Å². The van der Waals surface area contributed by atoms with Crippen molar-refractivity contribution in [3.8, 4) is 0 Å². The quantitative estimate of drug-likeness (QED) is 0.765. The molecule has 0 saturated carbocycles. The van der Waals surface area contributed by atoms with E-state index in [-0.39, 0.29) is 11.9 Å². The topological polar surface area (TPSA) is 32.3 Å². The molecule has 1 unspecified atom stereocenters. The van der Waals surface area contributed by atoms with Crippen molar-refractivity contribution in [3.05, 3.63) is 33.8 Å². The summed E-state index contributed by atoms with van der Waals surface area (Å²) in [5, 5.41) is 3.09. The summed E-state index contributed by atoms with van der Waals surface area (Å²) in [6.07, 6.45) is 2.11. The largest absolute Gasteiger partial charge is 0.350 e. The standard InChI is InChI=1S/C17H27BrN2O/c1-5-20(6-2)11-7-8-14(4)19-17(21)15-12-13(3)9-10-16(15)18/h9-10,12,14H,5-8,11H2,1-4H3,(H,19,21). The third-order valence-electron chi connectivity index (χ3n) is 3.75. The van der Waals surface area contributed by atoms with Crippen molar-refractivity contribution in [1.82, 2.24) is 10.2 Å². The van der Waals surface area contributed by atoms with Gasteiger partial charge in [0.05, 0.1) is 5.56 Å². The smallest absolute Gasteiger partial charge is 0.252 e. The molecule has 0 spiro atoms. The van der Waals surface area contributed by atoms with Crippen LogP contribution in [-0.2, 0) is 0 Å². The summed E-state index contributed by atoms with van der Waals surface area (Å²) in [6, 6.07) is 6.03. The number of hydrogen-bond acceptors (Lipinski definition) is 2. The zero-order chi connectivity index (χ0) is 15.8. The van der Waals surface area contributed by atoms with Crippen molar-refractivity contribution < 1.29 is 4.79 Å². The summed E-state index contributed by atoms with van der Waals surface area (Å²) in [4.78, 5) is 14.7. The molecule has 1 N–H and O–H groups in total. The summed E-state index contributed by atoms with van der Waals surface area (Å²) in [6.45, 7) is 11.7. The Bertz CT molecular complexity index is 458. The second-order valence-corrected chi connectivity index (χ2v) is 6.38. The molecule has 1 aromatic rings. The van der Waals surface area contributed by atoms with Crippen LogP contribution in [0.25, 0.3) is 0 Å². The van der Waals surface area contributed by atoms with Gasteiger partial charge in [-0.15, -0.1) is 0 Å². The lowest BCUT2D eigenvalue weighted by Crippen LogP contribution is -2.33. The van der Waals surface area contributed by atoms with Crippen molar-refractivity contribution in [3.63, 3.8) is 0 Å². The molecule has 118 valence electrons. The fourth-order valence-corrected chi connectivity index (χ4v) is 2.77. The highest BCUT2D eigenvalue weighted by Gasteiger charge is 2.13. The molecular formula is C17H27BrN2O. The number of hydrogen-bond donors (Lipinski definition) is 1. The second kappa shape index (κ2) is 9.21. The van der Waals surface area contributed by atoms with E-state index in [0.29, 0.717) is 5.56 Å². The summed E-state index contributed by atoms with van der Waals surface area (Å²) in [5.74, 6) is 0.000846. The number of aryl methyl sites for hydroxylation is 1. The Kier molecular flexibility index (Phi) is 7.97. The number of nitrogens with zero attached hydrogens (tertiary/aromatic N) is 1. The predicted molar refractivity (Wildman–Crippen MR) is 92.8 cm³/mol. The molecule has 0 saturated heterocycles. The number of carbonyl (C=O) groups excluding carboxylic acids is 1. The first-order valence-corrected chi connectivity index (χ1v) is 8.56. The van der Waals surface area contributed by atoms with Gasteiger partial charge in [0, 0.05) is 10.5 Å². The van der Waals surface area contributed by atoms with Crippen LogP contribution >= 0.6 is 15.9 Å². The van der Waals surface area contributed by atoms with Crippen molar-refractivity contribution in [2.45, 2.75) is 46.6 Å². The first kappa shape index (κ1) is 18.2. The highest BCUT2D eigenvalue weighted by Crippen LogP contribution is 2.18. The monoisotopic (exact) mass is 354 g/mol. The Balaban J connectivity index is 2.45. The SMILES string of the molecule is CCN(CC)CCCC(C)NC(=O)c1cc(C)ccc1Br.